The number of carbonyl (C=O) groups is 1. The molecule has 0 radical (unpaired) electrons. The smallest absolute Gasteiger partial charge is 0.226 e. The number of ether oxygens (including phenoxy) is 1. The number of benzene rings is 1. The molecular weight excluding hydrogens is 294 g/mol. The van der Waals surface area contributed by atoms with Crippen molar-refractivity contribution in [1.82, 2.24) is 15.3 Å². The fraction of sp³-hybridized carbons (Fsp3) is 0.250. The van der Waals surface area contributed by atoms with E-state index in [4.69, 9.17) is 10.00 Å². The van der Waals surface area contributed by atoms with Crippen LogP contribution in [0.4, 0.5) is 5.95 Å². The largest absolute Gasteiger partial charge is 0.439 e. The summed E-state index contributed by atoms with van der Waals surface area (Å²) in [5, 5.41) is 14.8. The first kappa shape index (κ1) is 14.8. The van der Waals surface area contributed by atoms with Gasteiger partial charge in [-0.3, -0.25) is 4.79 Å². The average molecular weight is 309 g/mol. The third-order valence-corrected chi connectivity index (χ3v) is 3.40. The molecule has 0 spiro atoms. The summed E-state index contributed by atoms with van der Waals surface area (Å²) in [7, 11) is 0. The number of nitriles is 1. The van der Waals surface area contributed by atoms with Crippen LogP contribution in [0.25, 0.3) is 0 Å². The molecule has 1 aromatic carbocycles. The number of nitrogens with zero attached hydrogens (tertiary/aromatic N) is 3. The van der Waals surface area contributed by atoms with E-state index < -0.39 is 0 Å². The van der Waals surface area contributed by atoms with Crippen LogP contribution >= 0.6 is 0 Å². The molecule has 1 aliphatic rings. The maximum Gasteiger partial charge on any atom is 0.226 e. The maximum atomic E-state index is 11.4. The van der Waals surface area contributed by atoms with Crippen LogP contribution in [-0.4, -0.2) is 28.5 Å². The molecule has 2 N–H and O–H groups in total. The lowest BCUT2D eigenvalue weighted by Crippen LogP contribution is -2.39. The summed E-state index contributed by atoms with van der Waals surface area (Å²) in [5.74, 6) is 1.34. The summed E-state index contributed by atoms with van der Waals surface area (Å²) in [6.07, 6.45) is 2.81. The van der Waals surface area contributed by atoms with Crippen molar-refractivity contribution in [3.05, 3.63) is 42.1 Å². The van der Waals surface area contributed by atoms with Crippen LogP contribution in [0.2, 0.25) is 0 Å². The Morgan fingerprint density at radius 2 is 2.30 bits per heavy atom. The molecule has 7 heteroatoms. The van der Waals surface area contributed by atoms with E-state index in [-0.39, 0.29) is 11.9 Å². The van der Waals surface area contributed by atoms with Gasteiger partial charge in [-0.15, -0.1) is 0 Å². The highest BCUT2D eigenvalue weighted by Gasteiger charge is 2.19. The van der Waals surface area contributed by atoms with Crippen LogP contribution in [0, 0.1) is 11.3 Å². The number of amides is 1. The molecule has 1 fully saturated rings. The summed E-state index contributed by atoms with van der Waals surface area (Å²) in [5.41, 5.74) is 0.517. The number of carbonyl (C=O) groups excluding carboxylic acids is 1. The van der Waals surface area contributed by atoms with E-state index in [0.29, 0.717) is 36.1 Å². The molecule has 1 amide bonds. The zero-order chi connectivity index (χ0) is 16.1. The number of anilines is 1. The molecule has 1 unspecified atom stereocenters. The molecule has 1 atom stereocenters. The normalized spacial score (nSPS) is 17.0. The van der Waals surface area contributed by atoms with Crippen molar-refractivity contribution in [2.45, 2.75) is 18.9 Å². The first-order chi connectivity index (χ1) is 11.2. The van der Waals surface area contributed by atoms with E-state index in [9.17, 15) is 4.79 Å². The second-order valence-corrected chi connectivity index (χ2v) is 5.14. The monoisotopic (exact) mass is 309 g/mol. The number of aromatic nitrogens is 2. The fourth-order valence-electron chi connectivity index (χ4n) is 2.31. The average Bonchev–Trinajstić information content (AvgIpc) is 2.55. The van der Waals surface area contributed by atoms with Crippen molar-refractivity contribution >= 4 is 11.9 Å². The standard InChI is InChI=1S/C16H15N5O2/c17-10-11-2-1-3-13(8-11)23-15-5-7-19-16(21-15)20-12-4-6-18-14(22)9-12/h1-3,5,7-8,12H,4,6,9H2,(H,18,22)(H,19,20,21). The summed E-state index contributed by atoms with van der Waals surface area (Å²) in [4.78, 5) is 19.8. The van der Waals surface area contributed by atoms with Crippen LogP contribution in [0.1, 0.15) is 18.4 Å². The van der Waals surface area contributed by atoms with Gasteiger partial charge in [-0.25, -0.2) is 4.98 Å². The van der Waals surface area contributed by atoms with Crippen LogP contribution in [-0.2, 0) is 4.79 Å². The highest BCUT2D eigenvalue weighted by atomic mass is 16.5. The summed E-state index contributed by atoms with van der Waals surface area (Å²) in [6.45, 7) is 0.646. The Hall–Kier alpha value is -3.14. The van der Waals surface area contributed by atoms with Gasteiger partial charge in [0.2, 0.25) is 17.7 Å². The lowest BCUT2D eigenvalue weighted by atomic mass is 10.1. The first-order valence-corrected chi connectivity index (χ1v) is 7.27. The Balaban J connectivity index is 1.69. The van der Waals surface area contributed by atoms with Gasteiger partial charge < -0.3 is 15.4 Å². The zero-order valence-electron chi connectivity index (χ0n) is 12.3. The molecule has 3 rings (SSSR count). The van der Waals surface area contributed by atoms with E-state index in [1.165, 1.54) is 0 Å². The molecule has 2 aromatic rings. The SMILES string of the molecule is N#Cc1cccc(Oc2ccnc(NC3CCNC(=O)C3)n2)c1. The van der Waals surface area contributed by atoms with Crippen molar-refractivity contribution in [2.75, 3.05) is 11.9 Å². The predicted molar refractivity (Wildman–Crippen MR) is 82.9 cm³/mol. The van der Waals surface area contributed by atoms with Crippen LogP contribution in [0.3, 0.4) is 0 Å². The van der Waals surface area contributed by atoms with Crippen molar-refractivity contribution in [3.63, 3.8) is 0 Å². The van der Waals surface area contributed by atoms with E-state index in [1.807, 2.05) is 0 Å². The lowest BCUT2D eigenvalue weighted by molar-refractivity contribution is -0.122. The highest BCUT2D eigenvalue weighted by Crippen LogP contribution is 2.21. The number of nitrogens with one attached hydrogen (secondary N) is 2. The van der Waals surface area contributed by atoms with E-state index in [2.05, 4.69) is 26.7 Å². The molecule has 7 nitrogen and oxygen atoms in total. The molecule has 116 valence electrons. The number of hydrogen-bond acceptors (Lipinski definition) is 6. The quantitative estimate of drug-likeness (QED) is 0.893. The summed E-state index contributed by atoms with van der Waals surface area (Å²) < 4.78 is 5.65. The van der Waals surface area contributed by atoms with Crippen LogP contribution in [0.5, 0.6) is 11.6 Å². The topological polar surface area (TPSA) is 99.9 Å². The van der Waals surface area contributed by atoms with E-state index in [0.717, 1.165) is 6.42 Å². The van der Waals surface area contributed by atoms with Crippen molar-refractivity contribution in [1.29, 1.82) is 5.26 Å². The molecule has 23 heavy (non-hydrogen) atoms. The molecule has 0 bridgehead atoms. The van der Waals surface area contributed by atoms with Gasteiger partial charge in [0.1, 0.15) is 5.75 Å². The van der Waals surface area contributed by atoms with Gasteiger partial charge in [0.15, 0.2) is 0 Å². The van der Waals surface area contributed by atoms with Crippen molar-refractivity contribution in [2.24, 2.45) is 0 Å². The third kappa shape index (κ3) is 3.95. The molecule has 0 saturated carbocycles. The van der Waals surface area contributed by atoms with Crippen LogP contribution < -0.4 is 15.4 Å². The highest BCUT2D eigenvalue weighted by molar-refractivity contribution is 5.77. The molecule has 1 aromatic heterocycles. The number of hydrogen-bond donors (Lipinski definition) is 2. The van der Waals surface area contributed by atoms with E-state index >= 15 is 0 Å². The minimum Gasteiger partial charge on any atom is -0.439 e. The van der Waals surface area contributed by atoms with Crippen molar-refractivity contribution < 1.29 is 9.53 Å². The zero-order valence-corrected chi connectivity index (χ0v) is 12.3. The molecular formula is C16H15N5O2. The lowest BCUT2D eigenvalue weighted by Gasteiger charge is -2.23. The predicted octanol–water partition coefficient (Wildman–Crippen LogP) is 1.83. The Morgan fingerprint density at radius 1 is 1.39 bits per heavy atom. The number of rotatable bonds is 4. The Bertz CT molecular complexity index is 756. The number of piperidine rings is 1. The van der Waals surface area contributed by atoms with Crippen LogP contribution in [0.15, 0.2) is 36.5 Å². The minimum absolute atomic E-state index is 0.0147. The van der Waals surface area contributed by atoms with Crippen molar-refractivity contribution in [3.8, 4) is 17.7 Å². The van der Waals surface area contributed by atoms with Gasteiger partial charge in [-0.05, 0) is 24.6 Å². The molecule has 1 aliphatic heterocycles. The molecule has 0 aliphatic carbocycles. The Labute approximate surface area is 133 Å². The maximum absolute atomic E-state index is 11.4. The summed E-state index contributed by atoms with van der Waals surface area (Å²) >= 11 is 0. The second-order valence-electron chi connectivity index (χ2n) is 5.14. The molecule has 2 heterocycles. The van der Waals surface area contributed by atoms with Gasteiger partial charge in [0.25, 0.3) is 0 Å². The van der Waals surface area contributed by atoms with Gasteiger partial charge in [-0.2, -0.15) is 10.2 Å². The second kappa shape index (κ2) is 6.75. The first-order valence-electron chi connectivity index (χ1n) is 7.27. The minimum atomic E-state index is 0.0147. The third-order valence-electron chi connectivity index (χ3n) is 3.40. The van der Waals surface area contributed by atoms with Gasteiger partial charge in [0.05, 0.1) is 11.6 Å². The Morgan fingerprint density at radius 3 is 3.13 bits per heavy atom. The molecule has 1 saturated heterocycles. The van der Waals surface area contributed by atoms with Gasteiger partial charge in [0, 0.05) is 31.3 Å². The van der Waals surface area contributed by atoms with Gasteiger partial charge >= 0.3 is 0 Å². The van der Waals surface area contributed by atoms with Gasteiger partial charge in [-0.1, -0.05) is 6.07 Å². The fourth-order valence-corrected chi connectivity index (χ4v) is 2.31. The Kier molecular flexibility index (Phi) is 4.34. The van der Waals surface area contributed by atoms with E-state index in [1.54, 1.807) is 36.5 Å². The summed E-state index contributed by atoms with van der Waals surface area (Å²) in [6, 6.07) is 10.5.